The predicted molar refractivity (Wildman–Crippen MR) is 71.3 cm³/mol. The van der Waals surface area contributed by atoms with Crippen molar-refractivity contribution in [2.24, 2.45) is 0 Å². The molecule has 18 heavy (non-hydrogen) atoms. The fraction of sp³-hybridized carbons (Fsp3) is 0.182. The maximum atomic E-state index is 12.0. The third kappa shape index (κ3) is 1.98. The van der Waals surface area contributed by atoms with E-state index in [2.05, 4.69) is 9.59 Å². The number of anilines is 1. The highest BCUT2D eigenvalue weighted by Crippen LogP contribution is 2.33. The van der Waals surface area contributed by atoms with Crippen molar-refractivity contribution >= 4 is 46.3 Å². The first-order chi connectivity index (χ1) is 8.65. The second-order valence-corrected chi connectivity index (χ2v) is 5.72. The summed E-state index contributed by atoms with van der Waals surface area (Å²) < 4.78 is 4.27. The van der Waals surface area contributed by atoms with Crippen LogP contribution < -0.4 is 4.90 Å². The Balaban J connectivity index is 1.96. The molecule has 0 bridgehead atoms. The number of carbonyl (C=O) groups excluding carboxylic acids is 1. The second-order valence-electron chi connectivity index (χ2n) is 3.92. The predicted octanol–water partition coefficient (Wildman–Crippen LogP) is 2.93. The number of fused-ring (bicyclic) bond motifs is 1. The molecule has 0 fully saturated rings. The lowest BCUT2D eigenvalue weighted by molar-refractivity contribution is -0.117. The van der Waals surface area contributed by atoms with Crippen LogP contribution in [0.4, 0.5) is 5.69 Å². The van der Waals surface area contributed by atoms with E-state index in [1.807, 2.05) is 6.07 Å². The zero-order valence-corrected chi connectivity index (χ0v) is 11.4. The standard InChI is InChI=1S/C11H7Cl2N3OS/c12-7-2-1-6-3-10(17)16(9(6)4-7)5-8-11(13)18-15-14-8/h1-2,4H,3,5H2. The molecule has 4 nitrogen and oxygen atoms in total. The molecule has 0 saturated carbocycles. The molecule has 0 radical (unpaired) electrons. The number of amides is 1. The Morgan fingerprint density at radius 1 is 1.39 bits per heavy atom. The van der Waals surface area contributed by atoms with Gasteiger partial charge in [0.05, 0.1) is 13.0 Å². The number of rotatable bonds is 2. The summed E-state index contributed by atoms with van der Waals surface area (Å²) in [6, 6.07) is 5.44. The maximum absolute atomic E-state index is 12.0. The highest BCUT2D eigenvalue weighted by molar-refractivity contribution is 7.10. The van der Waals surface area contributed by atoms with Gasteiger partial charge in [0.15, 0.2) is 0 Å². The number of hydrogen-bond acceptors (Lipinski definition) is 4. The van der Waals surface area contributed by atoms with E-state index in [1.54, 1.807) is 17.0 Å². The SMILES string of the molecule is O=C1Cc2ccc(Cl)cc2N1Cc1nnsc1Cl. The molecule has 1 aromatic carbocycles. The summed E-state index contributed by atoms with van der Waals surface area (Å²) in [7, 11) is 0. The van der Waals surface area contributed by atoms with E-state index in [0.717, 1.165) is 22.8 Å². The van der Waals surface area contributed by atoms with Gasteiger partial charge in [-0.05, 0) is 17.7 Å². The van der Waals surface area contributed by atoms with Gasteiger partial charge >= 0.3 is 0 Å². The molecule has 0 spiro atoms. The van der Waals surface area contributed by atoms with Crippen LogP contribution in [-0.4, -0.2) is 15.5 Å². The van der Waals surface area contributed by atoms with E-state index in [0.29, 0.717) is 28.0 Å². The number of halogens is 2. The van der Waals surface area contributed by atoms with Crippen molar-refractivity contribution in [1.29, 1.82) is 0 Å². The fourth-order valence-corrected chi connectivity index (χ4v) is 2.72. The molecular formula is C11H7Cl2N3OS. The summed E-state index contributed by atoms with van der Waals surface area (Å²) in [6.07, 6.45) is 0.391. The lowest BCUT2D eigenvalue weighted by atomic mass is 10.2. The minimum Gasteiger partial charge on any atom is -0.306 e. The first-order valence-electron chi connectivity index (χ1n) is 5.20. The fourth-order valence-electron chi connectivity index (χ4n) is 1.94. The van der Waals surface area contributed by atoms with Gasteiger partial charge in [-0.3, -0.25) is 4.79 Å². The van der Waals surface area contributed by atoms with E-state index in [4.69, 9.17) is 23.2 Å². The molecule has 3 rings (SSSR count). The van der Waals surface area contributed by atoms with Gasteiger partial charge in [0.25, 0.3) is 0 Å². The lowest BCUT2D eigenvalue weighted by Crippen LogP contribution is -2.26. The molecule has 2 aromatic rings. The number of aromatic nitrogens is 2. The van der Waals surface area contributed by atoms with E-state index < -0.39 is 0 Å². The molecule has 1 amide bonds. The Morgan fingerprint density at radius 3 is 2.94 bits per heavy atom. The lowest BCUT2D eigenvalue weighted by Gasteiger charge is -2.16. The van der Waals surface area contributed by atoms with E-state index in [1.165, 1.54) is 0 Å². The third-order valence-corrected chi connectivity index (χ3v) is 4.02. The average molecular weight is 300 g/mol. The number of nitrogens with zero attached hydrogens (tertiary/aromatic N) is 3. The first kappa shape index (κ1) is 11.9. The molecule has 1 aromatic heterocycles. The molecule has 92 valence electrons. The monoisotopic (exact) mass is 299 g/mol. The Hall–Kier alpha value is -1.17. The molecule has 0 saturated heterocycles. The molecule has 0 atom stereocenters. The summed E-state index contributed by atoms with van der Waals surface area (Å²) in [5.74, 6) is 0.0244. The third-order valence-electron chi connectivity index (χ3n) is 2.80. The molecule has 1 aliphatic rings. The van der Waals surface area contributed by atoms with Gasteiger partial charge < -0.3 is 4.90 Å². The van der Waals surface area contributed by atoms with Crippen LogP contribution >= 0.6 is 34.7 Å². The van der Waals surface area contributed by atoms with Gasteiger partial charge in [0.1, 0.15) is 10.0 Å². The molecule has 1 aliphatic heterocycles. The van der Waals surface area contributed by atoms with Crippen molar-refractivity contribution in [2.75, 3.05) is 4.90 Å². The highest BCUT2D eigenvalue weighted by atomic mass is 35.5. The quantitative estimate of drug-likeness (QED) is 0.856. The maximum Gasteiger partial charge on any atom is 0.231 e. The van der Waals surface area contributed by atoms with Crippen molar-refractivity contribution in [3.8, 4) is 0 Å². The summed E-state index contributed by atoms with van der Waals surface area (Å²) in [6.45, 7) is 0.335. The van der Waals surface area contributed by atoms with Gasteiger partial charge in [0, 0.05) is 22.2 Å². The number of carbonyl (C=O) groups is 1. The molecule has 7 heteroatoms. The van der Waals surface area contributed by atoms with E-state index in [9.17, 15) is 4.79 Å². The highest BCUT2D eigenvalue weighted by Gasteiger charge is 2.28. The van der Waals surface area contributed by atoms with Crippen LogP contribution in [0.1, 0.15) is 11.3 Å². The van der Waals surface area contributed by atoms with Crippen LogP contribution in [0.2, 0.25) is 9.36 Å². The molecule has 0 N–H and O–H groups in total. The molecule has 0 unspecified atom stereocenters. The van der Waals surface area contributed by atoms with Crippen LogP contribution in [0, 0.1) is 0 Å². The van der Waals surface area contributed by atoms with Crippen molar-refractivity contribution in [3.63, 3.8) is 0 Å². The Morgan fingerprint density at radius 2 is 2.22 bits per heavy atom. The first-order valence-corrected chi connectivity index (χ1v) is 6.73. The number of hydrogen-bond donors (Lipinski definition) is 0. The second kappa shape index (κ2) is 4.50. The Labute approximate surface area is 117 Å². The van der Waals surface area contributed by atoms with Gasteiger partial charge in [-0.2, -0.15) is 0 Å². The van der Waals surface area contributed by atoms with E-state index >= 15 is 0 Å². The molecule has 2 heterocycles. The number of benzene rings is 1. The largest absolute Gasteiger partial charge is 0.306 e. The average Bonchev–Trinajstić information content (AvgIpc) is 2.86. The molecular weight excluding hydrogens is 293 g/mol. The molecule has 0 aliphatic carbocycles. The van der Waals surface area contributed by atoms with Crippen molar-refractivity contribution in [3.05, 3.63) is 38.8 Å². The van der Waals surface area contributed by atoms with Gasteiger partial charge in [0.2, 0.25) is 5.91 Å². The topological polar surface area (TPSA) is 46.1 Å². The van der Waals surface area contributed by atoms with Crippen molar-refractivity contribution in [2.45, 2.75) is 13.0 Å². The zero-order valence-electron chi connectivity index (χ0n) is 9.06. The smallest absolute Gasteiger partial charge is 0.231 e. The van der Waals surface area contributed by atoms with Crippen molar-refractivity contribution < 1.29 is 4.79 Å². The van der Waals surface area contributed by atoms with Crippen molar-refractivity contribution in [1.82, 2.24) is 9.59 Å². The Kier molecular flexibility index (Phi) is 2.97. The summed E-state index contributed by atoms with van der Waals surface area (Å²) in [5, 5.41) is 4.53. The summed E-state index contributed by atoms with van der Waals surface area (Å²) in [5.41, 5.74) is 2.42. The Bertz CT molecular complexity index is 629. The zero-order chi connectivity index (χ0) is 12.7. The van der Waals surface area contributed by atoms with Gasteiger partial charge in [-0.15, -0.1) is 5.10 Å². The van der Waals surface area contributed by atoms with Gasteiger partial charge in [-0.25, -0.2) is 0 Å². The normalized spacial score (nSPS) is 14.1. The van der Waals surface area contributed by atoms with Crippen LogP contribution in [0.15, 0.2) is 18.2 Å². The summed E-state index contributed by atoms with van der Waals surface area (Å²) in [4.78, 5) is 13.6. The van der Waals surface area contributed by atoms with Crippen LogP contribution in [0.3, 0.4) is 0 Å². The van der Waals surface area contributed by atoms with Gasteiger partial charge in [-0.1, -0.05) is 33.8 Å². The van der Waals surface area contributed by atoms with Crippen LogP contribution in [0.25, 0.3) is 0 Å². The van der Waals surface area contributed by atoms with Crippen LogP contribution in [0.5, 0.6) is 0 Å². The summed E-state index contributed by atoms with van der Waals surface area (Å²) >= 11 is 13.0. The van der Waals surface area contributed by atoms with E-state index in [-0.39, 0.29) is 5.91 Å². The minimum atomic E-state index is 0.0244. The minimum absolute atomic E-state index is 0.0244. The van der Waals surface area contributed by atoms with Crippen LogP contribution in [-0.2, 0) is 17.8 Å².